The van der Waals surface area contributed by atoms with E-state index in [1.165, 1.54) is 0 Å². The van der Waals surface area contributed by atoms with Crippen LogP contribution in [0.15, 0.2) is 24.3 Å². The Balaban J connectivity index is 2.73. The lowest BCUT2D eigenvalue weighted by Gasteiger charge is -2.09. The van der Waals surface area contributed by atoms with Crippen LogP contribution in [0.25, 0.3) is 0 Å². The number of sulfone groups is 1. The normalized spacial score (nSPS) is 12.7. The molecule has 0 saturated carbocycles. The van der Waals surface area contributed by atoms with Gasteiger partial charge in [-0.05, 0) is 31.5 Å². The number of hydrogen-bond donors (Lipinski definition) is 2. The van der Waals surface area contributed by atoms with Gasteiger partial charge < -0.3 is 10.4 Å². The Morgan fingerprint density at radius 1 is 1.37 bits per heavy atom. The van der Waals surface area contributed by atoms with Gasteiger partial charge in [0, 0.05) is 5.69 Å². The minimum absolute atomic E-state index is 0.475. The lowest BCUT2D eigenvalue weighted by molar-refractivity contribution is -0.136. The highest BCUT2D eigenvalue weighted by molar-refractivity contribution is 7.93. The molecule has 1 rings (SSSR count). The molecule has 104 valence electrons. The molecule has 0 aliphatic rings. The largest absolute Gasteiger partial charge is 0.480 e. The van der Waals surface area contributed by atoms with E-state index in [0.29, 0.717) is 5.69 Å². The predicted octanol–water partition coefficient (Wildman–Crippen LogP) is 0.821. The van der Waals surface area contributed by atoms with Crippen molar-refractivity contribution in [3.05, 3.63) is 29.8 Å². The zero-order valence-corrected chi connectivity index (χ0v) is 11.4. The Kier molecular flexibility index (Phi) is 4.66. The zero-order valence-electron chi connectivity index (χ0n) is 10.6. The highest BCUT2D eigenvalue weighted by Crippen LogP contribution is 2.10. The molecular formula is C12H15NO5S. The fourth-order valence-electron chi connectivity index (χ4n) is 1.38. The molecule has 2 N–H and O–H groups in total. The molecule has 0 aliphatic heterocycles. The van der Waals surface area contributed by atoms with Crippen molar-refractivity contribution in [2.45, 2.75) is 19.1 Å². The van der Waals surface area contributed by atoms with E-state index in [9.17, 15) is 18.0 Å². The molecular weight excluding hydrogens is 270 g/mol. The van der Waals surface area contributed by atoms with Crippen molar-refractivity contribution in [3.63, 3.8) is 0 Å². The third-order valence-electron chi connectivity index (χ3n) is 2.52. The van der Waals surface area contributed by atoms with Crippen LogP contribution >= 0.6 is 0 Å². The Bertz CT molecular complexity index is 594. The van der Waals surface area contributed by atoms with E-state index >= 15 is 0 Å². The maximum absolute atomic E-state index is 11.6. The molecule has 19 heavy (non-hydrogen) atoms. The Hall–Kier alpha value is -1.89. The first kappa shape index (κ1) is 15.2. The molecule has 0 aromatic heterocycles. The summed E-state index contributed by atoms with van der Waals surface area (Å²) in [6.45, 7) is 2.87. The van der Waals surface area contributed by atoms with Crippen LogP contribution in [0.1, 0.15) is 12.5 Å². The van der Waals surface area contributed by atoms with Crippen molar-refractivity contribution in [3.8, 4) is 0 Å². The summed E-state index contributed by atoms with van der Waals surface area (Å²) < 4.78 is 23.2. The Labute approximate surface area is 111 Å². The number of carbonyl (C=O) groups is 2. The first-order valence-electron chi connectivity index (χ1n) is 5.53. The Morgan fingerprint density at radius 2 is 2.00 bits per heavy atom. The van der Waals surface area contributed by atoms with Gasteiger partial charge in [-0.3, -0.25) is 9.59 Å². The number of benzene rings is 1. The fourth-order valence-corrected chi connectivity index (χ4v) is 2.38. The quantitative estimate of drug-likeness (QED) is 0.834. The molecule has 6 nitrogen and oxygen atoms in total. The van der Waals surface area contributed by atoms with Gasteiger partial charge in [0.15, 0.2) is 15.1 Å². The maximum atomic E-state index is 11.6. The minimum Gasteiger partial charge on any atom is -0.480 e. The molecule has 0 fully saturated rings. The average Bonchev–Trinajstić information content (AvgIpc) is 2.26. The third kappa shape index (κ3) is 4.36. The molecule has 1 aromatic carbocycles. The molecule has 1 atom stereocenters. The summed E-state index contributed by atoms with van der Waals surface area (Å²) in [5.41, 5.74) is 1.39. The standard InChI is InChI=1S/C12H15NO5S/c1-8-4-3-5-10(6-8)13-11(14)7-19(17,18)9(2)12(15)16/h3-6,9H,7H2,1-2H3,(H,13,14)(H,15,16). The van der Waals surface area contributed by atoms with Crippen LogP contribution in [0.4, 0.5) is 5.69 Å². The number of carbonyl (C=O) groups excluding carboxylic acids is 1. The van der Waals surface area contributed by atoms with Crippen molar-refractivity contribution >= 4 is 27.4 Å². The van der Waals surface area contributed by atoms with Gasteiger partial charge in [0.25, 0.3) is 0 Å². The number of carboxylic acid groups (broad SMARTS) is 1. The average molecular weight is 285 g/mol. The topological polar surface area (TPSA) is 101 Å². The van der Waals surface area contributed by atoms with Gasteiger partial charge in [0.1, 0.15) is 5.75 Å². The summed E-state index contributed by atoms with van der Waals surface area (Å²) in [6.07, 6.45) is 0. The van der Waals surface area contributed by atoms with Gasteiger partial charge in [-0.1, -0.05) is 12.1 Å². The van der Waals surface area contributed by atoms with Gasteiger partial charge in [0.05, 0.1) is 0 Å². The number of aryl methyl sites for hydroxylation is 1. The van der Waals surface area contributed by atoms with E-state index < -0.39 is 32.7 Å². The maximum Gasteiger partial charge on any atom is 0.321 e. The van der Waals surface area contributed by atoms with Crippen LogP contribution in [-0.2, 0) is 19.4 Å². The zero-order chi connectivity index (χ0) is 14.6. The molecule has 0 aliphatic carbocycles. The number of nitrogens with one attached hydrogen (secondary N) is 1. The second kappa shape index (κ2) is 5.83. The van der Waals surface area contributed by atoms with Crippen LogP contribution in [0, 0.1) is 6.92 Å². The van der Waals surface area contributed by atoms with Crippen LogP contribution in [0.5, 0.6) is 0 Å². The molecule has 0 bridgehead atoms. The van der Waals surface area contributed by atoms with Gasteiger partial charge in [-0.2, -0.15) is 0 Å². The van der Waals surface area contributed by atoms with Crippen molar-refractivity contribution in [2.24, 2.45) is 0 Å². The smallest absolute Gasteiger partial charge is 0.321 e. The fraction of sp³-hybridized carbons (Fsp3) is 0.333. The Morgan fingerprint density at radius 3 is 2.53 bits per heavy atom. The number of anilines is 1. The summed E-state index contributed by atoms with van der Waals surface area (Å²) in [4.78, 5) is 22.2. The highest BCUT2D eigenvalue weighted by atomic mass is 32.2. The molecule has 0 radical (unpaired) electrons. The van der Waals surface area contributed by atoms with Crippen molar-refractivity contribution in [1.82, 2.24) is 0 Å². The van der Waals surface area contributed by atoms with Gasteiger partial charge in [-0.25, -0.2) is 8.42 Å². The van der Waals surface area contributed by atoms with Crippen LogP contribution in [0.3, 0.4) is 0 Å². The van der Waals surface area contributed by atoms with Crippen LogP contribution < -0.4 is 5.32 Å². The molecule has 1 aromatic rings. The molecule has 7 heteroatoms. The number of hydrogen-bond acceptors (Lipinski definition) is 4. The first-order chi connectivity index (χ1) is 8.72. The molecule has 1 amide bonds. The monoisotopic (exact) mass is 285 g/mol. The molecule has 0 spiro atoms. The number of rotatable bonds is 5. The molecule has 0 heterocycles. The number of aliphatic carboxylic acids is 1. The first-order valence-corrected chi connectivity index (χ1v) is 7.25. The molecule has 1 unspecified atom stereocenters. The van der Waals surface area contributed by atoms with E-state index in [0.717, 1.165) is 12.5 Å². The summed E-state index contributed by atoms with van der Waals surface area (Å²) in [5, 5.41) is 9.47. The van der Waals surface area contributed by atoms with E-state index in [4.69, 9.17) is 5.11 Å². The number of carboxylic acids is 1. The van der Waals surface area contributed by atoms with Crippen molar-refractivity contribution in [1.29, 1.82) is 0 Å². The van der Waals surface area contributed by atoms with Gasteiger partial charge in [-0.15, -0.1) is 0 Å². The lowest BCUT2D eigenvalue weighted by Crippen LogP contribution is -2.34. The van der Waals surface area contributed by atoms with Crippen LogP contribution in [0.2, 0.25) is 0 Å². The summed E-state index contributed by atoms with van der Waals surface area (Å²) in [6, 6.07) is 6.86. The minimum atomic E-state index is -4.00. The SMILES string of the molecule is Cc1cccc(NC(=O)CS(=O)(=O)C(C)C(=O)O)c1. The highest BCUT2D eigenvalue weighted by Gasteiger charge is 2.29. The molecule has 0 saturated heterocycles. The van der Waals surface area contributed by atoms with Gasteiger partial charge in [0.2, 0.25) is 5.91 Å². The second-order valence-corrected chi connectivity index (χ2v) is 6.53. The number of amides is 1. The lowest BCUT2D eigenvalue weighted by atomic mass is 10.2. The van der Waals surface area contributed by atoms with E-state index in [-0.39, 0.29) is 0 Å². The predicted molar refractivity (Wildman–Crippen MR) is 70.7 cm³/mol. The van der Waals surface area contributed by atoms with Crippen molar-refractivity contribution < 1.29 is 23.1 Å². The van der Waals surface area contributed by atoms with E-state index in [1.807, 2.05) is 13.0 Å². The third-order valence-corrected chi connectivity index (χ3v) is 4.46. The summed E-state index contributed by atoms with van der Waals surface area (Å²) >= 11 is 0. The van der Waals surface area contributed by atoms with E-state index in [2.05, 4.69) is 5.32 Å². The van der Waals surface area contributed by atoms with Gasteiger partial charge >= 0.3 is 5.97 Å². The summed E-state index contributed by atoms with van der Waals surface area (Å²) in [7, 11) is -4.00. The summed E-state index contributed by atoms with van der Waals surface area (Å²) in [5.74, 6) is -3.07. The second-order valence-electron chi connectivity index (χ2n) is 4.21. The van der Waals surface area contributed by atoms with Crippen LogP contribution in [-0.4, -0.2) is 36.4 Å². The van der Waals surface area contributed by atoms with Crippen molar-refractivity contribution in [2.75, 3.05) is 11.1 Å². The van der Waals surface area contributed by atoms with E-state index in [1.54, 1.807) is 18.2 Å².